The highest BCUT2D eigenvalue weighted by Gasteiger charge is 2.22. The van der Waals surface area contributed by atoms with Crippen LogP contribution in [0.15, 0.2) is 54.6 Å². The number of benzene rings is 2. The molecule has 104 valence electrons. The maximum Gasteiger partial charge on any atom is 0.316 e. The first-order chi connectivity index (χ1) is 9.70. The van der Waals surface area contributed by atoms with Gasteiger partial charge in [-0.1, -0.05) is 48.0 Å². The average molecular weight is 270 g/mol. The Kier molecular flexibility index (Phi) is 4.77. The predicted molar refractivity (Wildman–Crippen MR) is 77.9 cm³/mol. The van der Waals surface area contributed by atoms with Gasteiger partial charge in [-0.15, -0.1) is 0 Å². The summed E-state index contributed by atoms with van der Waals surface area (Å²) in [6.45, 7) is 2.28. The third kappa shape index (κ3) is 3.60. The van der Waals surface area contributed by atoms with Crippen LogP contribution in [0.25, 0.3) is 0 Å². The zero-order valence-electron chi connectivity index (χ0n) is 11.7. The number of rotatable bonds is 5. The lowest BCUT2D eigenvalue weighted by atomic mass is 10.0. The Morgan fingerprint density at radius 2 is 1.70 bits per heavy atom. The summed E-state index contributed by atoms with van der Waals surface area (Å²) in [4.78, 5) is 11.9. The van der Waals surface area contributed by atoms with Gasteiger partial charge >= 0.3 is 5.97 Å². The van der Waals surface area contributed by atoms with Crippen LogP contribution in [-0.4, -0.2) is 19.7 Å². The van der Waals surface area contributed by atoms with E-state index in [1.54, 1.807) is 0 Å². The van der Waals surface area contributed by atoms with Crippen LogP contribution < -0.4 is 4.74 Å². The second-order valence-electron chi connectivity index (χ2n) is 4.61. The van der Waals surface area contributed by atoms with Crippen LogP contribution in [-0.2, 0) is 9.53 Å². The molecule has 2 rings (SSSR count). The molecule has 0 aliphatic carbocycles. The van der Waals surface area contributed by atoms with E-state index in [1.165, 1.54) is 12.7 Å². The monoisotopic (exact) mass is 270 g/mol. The first-order valence-corrected chi connectivity index (χ1v) is 6.53. The molecular formula is C17H18O3. The molecule has 1 unspecified atom stereocenters. The minimum atomic E-state index is -0.414. The molecule has 0 aromatic heterocycles. The molecule has 0 fully saturated rings. The van der Waals surface area contributed by atoms with Gasteiger partial charge in [0.25, 0.3) is 0 Å². The fourth-order valence-electron chi connectivity index (χ4n) is 1.94. The molecule has 1 atom stereocenters. The first kappa shape index (κ1) is 14.1. The number of methoxy groups -OCH3 is 1. The molecule has 2 aromatic carbocycles. The minimum Gasteiger partial charge on any atom is -0.492 e. The normalized spacial score (nSPS) is 11.7. The van der Waals surface area contributed by atoms with Crippen molar-refractivity contribution in [1.82, 2.24) is 0 Å². The Morgan fingerprint density at radius 3 is 2.30 bits per heavy atom. The number of hydrogen-bond acceptors (Lipinski definition) is 3. The SMILES string of the molecule is COC(=O)C(COc1ccc(C)cc1)c1ccccc1. The quantitative estimate of drug-likeness (QED) is 0.782. The van der Waals surface area contributed by atoms with E-state index < -0.39 is 5.92 Å². The number of hydrogen-bond donors (Lipinski definition) is 0. The highest BCUT2D eigenvalue weighted by molar-refractivity contribution is 5.78. The second-order valence-corrected chi connectivity index (χ2v) is 4.61. The van der Waals surface area contributed by atoms with E-state index in [2.05, 4.69) is 0 Å². The average Bonchev–Trinajstić information content (AvgIpc) is 2.50. The van der Waals surface area contributed by atoms with E-state index in [0.29, 0.717) is 0 Å². The van der Waals surface area contributed by atoms with Crippen LogP contribution in [0.1, 0.15) is 17.0 Å². The third-order valence-electron chi connectivity index (χ3n) is 3.13. The van der Waals surface area contributed by atoms with E-state index in [4.69, 9.17) is 9.47 Å². The Bertz CT molecular complexity index is 546. The molecular weight excluding hydrogens is 252 g/mol. The molecule has 0 saturated heterocycles. The van der Waals surface area contributed by atoms with Crippen molar-refractivity contribution in [1.29, 1.82) is 0 Å². The smallest absolute Gasteiger partial charge is 0.316 e. The van der Waals surface area contributed by atoms with Gasteiger partial charge in [0.2, 0.25) is 0 Å². The van der Waals surface area contributed by atoms with Gasteiger partial charge in [-0.2, -0.15) is 0 Å². The molecule has 0 aliphatic rings. The summed E-state index contributed by atoms with van der Waals surface area (Å²) in [6, 6.07) is 17.3. The fourth-order valence-corrected chi connectivity index (χ4v) is 1.94. The van der Waals surface area contributed by atoms with Crippen molar-refractivity contribution in [3.63, 3.8) is 0 Å². The molecule has 0 aliphatic heterocycles. The highest BCUT2D eigenvalue weighted by atomic mass is 16.5. The van der Waals surface area contributed by atoms with Gasteiger partial charge in [-0.25, -0.2) is 0 Å². The summed E-state index contributed by atoms with van der Waals surface area (Å²) in [5.41, 5.74) is 2.07. The van der Waals surface area contributed by atoms with E-state index in [0.717, 1.165) is 11.3 Å². The number of esters is 1. The summed E-state index contributed by atoms with van der Waals surface area (Å²) in [5.74, 6) is 0.0475. The molecule has 0 radical (unpaired) electrons. The van der Waals surface area contributed by atoms with Crippen LogP contribution >= 0.6 is 0 Å². The zero-order valence-corrected chi connectivity index (χ0v) is 11.7. The van der Waals surface area contributed by atoms with Crippen molar-refractivity contribution in [2.75, 3.05) is 13.7 Å². The molecule has 2 aromatic rings. The van der Waals surface area contributed by atoms with Gasteiger partial charge in [-0.3, -0.25) is 4.79 Å². The lowest BCUT2D eigenvalue weighted by molar-refractivity contribution is -0.143. The van der Waals surface area contributed by atoms with Crippen LogP contribution in [0.5, 0.6) is 5.75 Å². The lowest BCUT2D eigenvalue weighted by Gasteiger charge is -2.16. The zero-order chi connectivity index (χ0) is 14.4. The van der Waals surface area contributed by atoms with Crippen molar-refractivity contribution in [3.05, 3.63) is 65.7 Å². The van der Waals surface area contributed by atoms with Gasteiger partial charge < -0.3 is 9.47 Å². The number of aryl methyl sites for hydroxylation is 1. The van der Waals surface area contributed by atoms with Gasteiger partial charge in [0.05, 0.1) is 7.11 Å². The van der Waals surface area contributed by atoms with Gasteiger partial charge in [0, 0.05) is 0 Å². The third-order valence-corrected chi connectivity index (χ3v) is 3.13. The van der Waals surface area contributed by atoms with Crippen molar-refractivity contribution in [3.8, 4) is 5.75 Å². The molecule has 0 N–H and O–H groups in total. The molecule has 3 heteroatoms. The number of ether oxygens (including phenoxy) is 2. The lowest BCUT2D eigenvalue weighted by Crippen LogP contribution is -2.21. The Balaban J connectivity index is 2.09. The summed E-state index contributed by atoms with van der Waals surface area (Å²) in [7, 11) is 1.39. The molecule has 0 heterocycles. The summed E-state index contributed by atoms with van der Waals surface area (Å²) in [6.07, 6.45) is 0. The van der Waals surface area contributed by atoms with E-state index >= 15 is 0 Å². The van der Waals surface area contributed by atoms with Crippen molar-refractivity contribution < 1.29 is 14.3 Å². The van der Waals surface area contributed by atoms with Crippen molar-refractivity contribution in [2.24, 2.45) is 0 Å². The summed E-state index contributed by atoms with van der Waals surface area (Å²) in [5, 5.41) is 0. The topological polar surface area (TPSA) is 35.5 Å². The van der Waals surface area contributed by atoms with Gasteiger partial charge in [-0.05, 0) is 24.6 Å². The minimum absolute atomic E-state index is 0.264. The largest absolute Gasteiger partial charge is 0.492 e. The van der Waals surface area contributed by atoms with Gasteiger partial charge in [0.1, 0.15) is 18.3 Å². The van der Waals surface area contributed by atoms with Crippen molar-refractivity contribution in [2.45, 2.75) is 12.8 Å². The number of carbonyl (C=O) groups is 1. The van der Waals surface area contributed by atoms with E-state index in [1.807, 2.05) is 61.5 Å². The van der Waals surface area contributed by atoms with Crippen LogP contribution in [0.2, 0.25) is 0 Å². The highest BCUT2D eigenvalue weighted by Crippen LogP contribution is 2.20. The molecule has 3 nitrogen and oxygen atoms in total. The van der Waals surface area contributed by atoms with Gasteiger partial charge in [0.15, 0.2) is 0 Å². The maximum atomic E-state index is 11.9. The summed E-state index contributed by atoms with van der Waals surface area (Å²) < 4.78 is 10.6. The molecule has 0 bridgehead atoms. The molecule has 20 heavy (non-hydrogen) atoms. The first-order valence-electron chi connectivity index (χ1n) is 6.53. The predicted octanol–water partition coefficient (Wildman–Crippen LogP) is 3.33. The molecule has 0 spiro atoms. The Labute approximate surface area is 119 Å². The fraction of sp³-hybridized carbons (Fsp3) is 0.235. The molecule has 0 amide bonds. The van der Waals surface area contributed by atoms with Crippen molar-refractivity contribution >= 4 is 5.97 Å². The van der Waals surface area contributed by atoms with Crippen LogP contribution in [0.3, 0.4) is 0 Å². The Hall–Kier alpha value is -2.29. The van der Waals surface area contributed by atoms with Crippen LogP contribution in [0.4, 0.5) is 0 Å². The Morgan fingerprint density at radius 1 is 1.05 bits per heavy atom. The van der Waals surface area contributed by atoms with E-state index in [9.17, 15) is 4.79 Å². The van der Waals surface area contributed by atoms with Crippen LogP contribution in [0, 0.1) is 6.92 Å². The van der Waals surface area contributed by atoms with E-state index in [-0.39, 0.29) is 12.6 Å². The summed E-state index contributed by atoms with van der Waals surface area (Å²) >= 11 is 0. The molecule has 0 saturated carbocycles. The standard InChI is InChI=1S/C17H18O3/c1-13-8-10-15(11-9-13)20-12-16(17(18)19-2)14-6-4-3-5-7-14/h3-11,16H,12H2,1-2H3. The maximum absolute atomic E-state index is 11.9. The number of carbonyl (C=O) groups excluding carboxylic acids is 1. The second kappa shape index (κ2) is 6.75.